The highest BCUT2D eigenvalue weighted by atomic mass is 16.8. The van der Waals surface area contributed by atoms with Crippen LogP contribution in [0, 0.1) is 5.21 Å². The molecule has 0 aliphatic carbocycles. The van der Waals surface area contributed by atoms with Crippen LogP contribution in [0.25, 0.3) is 0 Å². The van der Waals surface area contributed by atoms with Crippen molar-refractivity contribution in [1.29, 1.82) is 0 Å². The van der Waals surface area contributed by atoms with Crippen molar-refractivity contribution in [3.8, 4) is 0 Å². The Morgan fingerprint density at radius 1 is 0.769 bits per heavy atom. The largest absolute Gasteiger partial charge is 0.622 e. The fourth-order valence-electron chi connectivity index (χ4n) is 5.93. The zero-order valence-electron chi connectivity index (χ0n) is 24.1. The van der Waals surface area contributed by atoms with Crippen LogP contribution in [0.1, 0.15) is 62.3 Å². The van der Waals surface area contributed by atoms with Crippen molar-refractivity contribution >= 4 is 12.1 Å². The summed E-state index contributed by atoms with van der Waals surface area (Å²) in [6, 6.07) is -0.875. The Morgan fingerprint density at radius 3 is 1.82 bits per heavy atom. The highest BCUT2D eigenvalue weighted by molar-refractivity contribution is 5.78. The van der Waals surface area contributed by atoms with Gasteiger partial charge in [0.25, 0.3) is 6.23 Å². The molecule has 0 aromatic heterocycles. The van der Waals surface area contributed by atoms with E-state index in [1.165, 1.54) is 13.1 Å². The van der Waals surface area contributed by atoms with E-state index in [0.717, 1.165) is 0 Å². The number of carbonyl (C=O) groups excluding carboxylic acids is 1. The second kappa shape index (κ2) is 9.85. The van der Waals surface area contributed by atoms with Gasteiger partial charge in [-0.25, -0.2) is 0 Å². The molecule has 0 aromatic rings. The molecule has 5 heterocycles. The number of rotatable bonds is 6. The molecule has 5 fully saturated rings. The SMILES string of the molecule is CC(=O)N[C@H](/C=[N+](\[O-])C1O[C@H]([C@H]2COC(C)(C)O2)[C@@H]2OC(C)(C)O[C@H]12)[C@H]1OC(C)(C)O[C@@H]1[C@H]1COC(C)(C)O1. The van der Waals surface area contributed by atoms with E-state index in [1.54, 1.807) is 27.7 Å². The summed E-state index contributed by atoms with van der Waals surface area (Å²) >= 11 is 0. The summed E-state index contributed by atoms with van der Waals surface area (Å²) in [7, 11) is 0. The number of hydrogen-bond donors (Lipinski definition) is 1. The number of nitrogens with one attached hydrogen (secondary N) is 1. The van der Waals surface area contributed by atoms with E-state index >= 15 is 0 Å². The quantitative estimate of drug-likeness (QED) is 0.217. The summed E-state index contributed by atoms with van der Waals surface area (Å²) in [4.78, 5) is 12.3. The van der Waals surface area contributed by atoms with Gasteiger partial charge < -0.3 is 53.2 Å². The van der Waals surface area contributed by atoms with Crippen LogP contribution in [0.5, 0.6) is 0 Å². The minimum absolute atomic E-state index is 0.277. The lowest BCUT2D eigenvalue weighted by atomic mass is 10.0. The van der Waals surface area contributed by atoms with Crippen LogP contribution in [-0.2, 0) is 47.4 Å². The summed E-state index contributed by atoms with van der Waals surface area (Å²) < 4.78 is 55.1. The molecule has 5 aliphatic heterocycles. The maximum Gasteiger partial charge on any atom is 0.297 e. The van der Waals surface area contributed by atoms with Gasteiger partial charge in [0.1, 0.15) is 42.7 Å². The molecule has 13 heteroatoms. The molecule has 39 heavy (non-hydrogen) atoms. The first-order chi connectivity index (χ1) is 17.9. The fraction of sp³-hybridized carbons (Fsp3) is 0.923. The molecule has 5 saturated heterocycles. The molecular weight excluding hydrogens is 516 g/mol. The van der Waals surface area contributed by atoms with Crippen molar-refractivity contribution in [2.75, 3.05) is 13.2 Å². The van der Waals surface area contributed by atoms with Gasteiger partial charge in [0.05, 0.1) is 13.2 Å². The minimum atomic E-state index is -1.07. The van der Waals surface area contributed by atoms with Crippen molar-refractivity contribution in [1.82, 2.24) is 5.32 Å². The average Bonchev–Trinajstić information content (AvgIpc) is 3.55. The lowest BCUT2D eigenvalue weighted by molar-refractivity contribution is -0.563. The monoisotopic (exact) mass is 558 g/mol. The van der Waals surface area contributed by atoms with E-state index in [1.807, 2.05) is 27.7 Å². The van der Waals surface area contributed by atoms with Crippen molar-refractivity contribution in [2.45, 2.75) is 140 Å². The number of amides is 1. The lowest BCUT2D eigenvalue weighted by Gasteiger charge is -2.28. The molecule has 0 radical (unpaired) electrons. The molecule has 0 saturated carbocycles. The lowest BCUT2D eigenvalue weighted by Crippen LogP contribution is -2.53. The van der Waals surface area contributed by atoms with Gasteiger partial charge in [-0.3, -0.25) is 4.79 Å². The molecule has 0 aromatic carbocycles. The van der Waals surface area contributed by atoms with Gasteiger partial charge in [0, 0.05) is 6.92 Å². The maximum absolute atomic E-state index is 13.8. The Balaban J connectivity index is 1.41. The van der Waals surface area contributed by atoms with Gasteiger partial charge >= 0.3 is 0 Å². The number of carbonyl (C=O) groups is 1. The third-order valence-electron chi connectivity index (χ3n) is 7.30. The Morgan fingerprint density at radius 2 is 1.28 bits per heavy atom. The van der Waals surface area contributed by atoms with Gasteiger partial charge in [-0.05, 0) is 55.4 Å². The molecule has 1 N–H and O–H groups in total. The molecule has 1 unspecified atom stereocenters. The number of ether oxygens (including phenoxy) is 9. The third kappa shape index (κ3) is 6.11. The predicted octanol–water partition coefficient (Wildman–Crippen LogP) is 1.14. The van der Waals surface area contributed by atoms with E-state index in [-0.39, 0.29) is 19.1 Å². The molecule has 5 aliphatic rings. The molecular formula is C26H42N2O11. The van der Waals surface area contributed by atoms with E-state index in [2.05, 4.69) is 5.32 Å². The molecule has 222 valence electrons. The van der Waals surface area contributed by atoms with E-state index in [4.69, 9.17) is 42.6 Å². The Labute approximate surface area is 228 Å². The second-order valence-corrected chi connectivity index (χ2v) is 12.6. The van der Waals surface area contributed by atoms with E-state index in [0.29, 0.717) is 4.74 Å². The molecule has 9 atom stereocenters. The topological polar surface area (TPSA) is 138 Å². The van der Waals surface area contributed by atoms with Gasteiger partial charge in [-0.2, -0.15) is 4.74 Å². The molecule has 0 bridgehead atoms. The number of nitrogens with zero attached hydrogens (tertiary/aromatic N) is 1. The molecule has 1 amide bonds. The highest BCUT2D eigenvalue weighted by Gasteiger charge is 2.62. The number of hydroxylamine groups is 1. The van der Waals surface area contributed by atoms with Gasteiger partial charge in [-0.1, -0.05) is 0 Å². The van der Waals surface area contributed by atoms with Crippen LogP contribution in [0.3, 0.4) is 0 Å². The van der Waals surface area contributed by atoms with E-state index in [9.17, 15) is 10.0 Å². The van der Waals surface area contributed by atoms with Crippen LogP contribution >= 0.6 is 0 Å². The smallest absolute Gasteiger partial charge is 0.297 e. The minimum Gasteiger partial charge on any atom is -0.622 e. The number of hydrogen-bond acceptors (Lipinski definition) is 11. The van der Waals surface area contributed by atoms with Gasteiger partial charge in [0.15, 0.2) is 35.5 Å². The summed E-state index contributed by atoms with van der Waals surface area (Å²) in [6.45, 7) is 16.3. The van der Waals surface area contributed by atoms with Gasteiger partial charge in [-0.15, -0.1) is 0 Å². The van der Waals surface area contributed by atoms with Crippen molar-refractivity contribution < 1.29 is 52.2 Å². The number of fused-ring (bicyclic) bond motifs is 1. The van der Waals surface area contributed by atoms with Crippen LogP contribution in [0.4, 0.5) is 0 Å². The molecule has 13 nitrogen and oxygen atoms in total. The van der Waals surface area contributed by atoms with Crippen LogP contribution in [0.2, 0.25) is 0 Å². The third-order valence-corrected chi connectivity index (χ3v) is 7.30. The van der Waals surface area contributed by atoms with E-state index < -0.39 is 78.1 Å². The summed E-state index contributed by atoms with van der Waals surface area (Å²) in [5.74, 6) is -3.82. The zero-order chi connectivity index (χ0) is 28.5. The molecule has 5 rings (SSSR count). The van der Waals surface area contributed by atoms with Crippen LogP contribution in [-0.4, -0.2) is 108 Å². The normalized spacial score (nSPS) is 42.9. The first kappa shape index (κ1) is 29.1. The van der Waals surface area contributed by atoms with Gasteiger partial charge in [0.2, 0.25) is 5.91 Å². The zero-order valence-corrected chi connectivity index (χ0v) is 24.1. The Kier molecular flexibility index (Phi) is 7.34. The van der Waals surface area contributed by atoms with Crippen molar-refractivity contribution in [3.05, 3.63) is 5.21 Å². The Bertz CT molecular complexity index is 983. The first-order valence-electron chi connectivity index (χ1n) is 13.5. The van der Waals surface area contributed by atoms with Crippen molar-refractivity contribution in [2.24, 2.45) is 0 Å². The van der Waals surface area contributed by atoms with Crippen LogP contribution < -0.4 is 5.32 Å². The fourth-order valence-corrected chi connectivity index (χ4v) is 5.93. The summed E-state index contributed by atoms with van der Waals surface area (Å²) in [6.07, 6.45) is -3.88. The highest BCUT2D eigenvalue weighted by Crippen LogP contribution is 2.42. The standard InChI is InChI=1S/C26H42N2O11/c1-13(29)27-14(17-19(37-25(6,7)36-17)16-12-32-24(4,5)35-16)10-28(30)22-21-20(38-26(8,9)39-21)18(33-22)15-11-31-23(2,3)34-15/h10,14-22H,11-12H2,1-9H3,(H,27,29)/b28-10-/t14-,15-,16-,17-,18-,19-,20+,21+,22?/m1/s1. The first-order valence-corrected chi connectivity index (χ1v) is 13.5. The predicted molar refractivity (Wildman–Crippen MR) is 133 cm³/mol. The molecule has 0 spiro atoms. The van der Waals surface area contributed by atoms with Crippen LogP contribution in [0.15, 0.2) is 0 Å². The average molecular weight is 559 g/mol. The summed E-state index contributed by atoms with van der Waals surface area (Å²) in [5.41, 5.74) is 0. The maximum atomic E-state index is 13.8. The Hall–Kier alpha value is -1.42. The van der Waals surface area contributed by atoms with Crippen molar-refractivity contribution in [3.63, 3.8) is 0 Å². The summed E-state index contributed by atoms with van der Waals surface area (Å²) in [5, 5.41) is 16.6. The second-order valence-electron chi connectivity index (χ2n) is 12.6.